The number of hydrogen-bond acceptors (Lipinski definition) is 5. The second kappa shape index (κ2) is 9.25. The summed E-state index contributed by atoms with van der Waals surface area (Å²) in [7, 11) is 0. The molecule has 1 aromatic heterocycles. The maximum absolute atomic E-state index is 12.5. The van der Waals surface area contributed by atoms with Crippen LogP contribution < -0.4 is 5.32 Å². The molecule has 7 nitrogen and oxygen atoms in total. The molecule has 2 aromatic carbocycles. The molecule has 0 spiro atoms. The van der Waals surface area contributed by atoms with E-state index in [4.69, 9.17) is 0 Å². The molecule has 1 saturated heterocycles. The molecule has 1 aliphatic heterocycles. The number of thioether (sulfide) groups is 1. The summed E-state index contributed by atoms with van der Waals surface area (Å²) in [5, 5.41) is 12.4. The van der Waals surface area contributed by atoms with Crippen LogP contribution in [0.4, 0.5) is 4.79 Å². The van der Waals surface area contributed by atoms with Gasteiger partial charge < -0.3 is 5.32 Å². The van der Waals surface area contributed by atoms with Crippen molar-refractivity contribution in [2.75, 3.05) is 12.3 Å². The molecule has 0 radical (unpaired) electrons. The molecular weight excluding hydrogens is 446 g/mol. The van der Waals surface area contributed by atoms with Crippen molar-refractivity contribution in [1.82, 2.24) is 25.0 Å². The minimum Gasteiger partial charge on any atom is -0.324 e. The monoisotopic (exact) mass is 477 g/mol. The molecule has 0 bridgehead atoms. The molecular formula is C26H31N5O2S. The lowest BCUT2D eigenvalue weighted by Gasteiger charge is -2.19. The lowest BCUT2D eigenvalue weighted by Crippen LogP contribution is -2.40. The number of benzene rings is 2. The van der Waals surface area contributed by atoms with E-state index in [2.05, 4.69) is 77.3 Å². The highest BCUT2D eigenvalue weighted by molar-refractivity contribution is 7.99. The average molecular weight is 478 g/mol. The van der Waals surface area contributed by atoms with Gasteiger partial charge in [-0.05, 0) is 30.4 Å². The van der Waals surface area contributed by atoms with Crippen LogP contribution in [0.3, 0.4) is 0 Å². The first-order chi connectivity index (χ1) is 16.1. The maximum Gasteiger partial charge on any atom is 0.325 e. The summed E-state index contributed by atoms with van der Waals surface area (Å²) < 4.78 is 2.10. The van der Waals surface area contributed by atoms with Crippen LogP contribution in [-0.2, 0) is 16.8 Å². The van der Waals surface area contributed by atoms with Crippen LogP contribution in [0.5, 0.6) is 0 Å². The molecule has 0 saturated carbocycles. The summed E-state index contributed by atoms with van der Waals surface area (Å²) in [6.45, 7) is 11.0. The number of urea groups is 1. The van der Waals surface area contributed by atoms with Crippen LogP contribution >= 0.6 is 11.8 Å². The second-order valence-corrected chi connectivity index (χ2v) is 11.1. The fourth-order valence-corrected chi connectivity index (χ4v) is 4.75. The summed E-state index contributed by atoms with van der Waals surface area (Å²) in [5.74, 6) is 1.12. The zero-order valence-electron chi connectivity index (χ0n) is 20.3. The first kappa shape index (κ1) is 24.0. The van der Waals surface area contributed by atoms with Gasteiger partial charge in [-0.15, -0.1) is 10.2 Å². The maximum atomic E-state index is 12.5. The molecule has 1 fully saturated rings. The Morgan fingerprint density at radius 1 is 0.971 bits per heavy atom. The molecule has 34 heavy (non-hydrogen) atoms. The molecule has 178 valence electrons. The van der Waals surface area contributed by atoms with Crippen LogP contribution in [-0.4, -0.2) is 49.4 Å². The van der Waals surface area contributed by atoms with E-state index >= 15 is 0 Å². The summed E-state index contributed by atoms with van der Waals surface area (Å²) in [6.07, 6.45) is 0. The van der Waals surface area contributed by atoms with E-state index in [0.29, 0.717) is 18.8 Å². The minimum atomic E-state index is -0.860. The number of aromatic nitrogens is 3. The lowest BCUT2D eigenvalue weighted by atomic mass is 9.87. The Morgan fingerprint density at radius 3 is 2.24 bits per heavy atom. The van der Waals surface area contributed by atoms with Crippen molar-refractivity contribution in [2.24, 2.45) is 0 Å². The predicted molar refractivity (Wildman–Crippen MR) is 135 cm³/mol. The summed E-state index contributed by atoms with van der Waals surface area (Å²) in [5.41, 5.74) is 2.62. The second-order valence-electron chi connectivity index (χ2n) is 10.1. The third-order valence-electron chi connectivity index (χ3n) is 5.90. The van der Waals surface area contributed by atoms with E-state index in [1.54, 1.807) is 13.8 Å². The first-order valence-electron chi connectivity index (χ1n) is 11.4. The van der Waals surface area contributed by atoms with Crippen molar-refractivity contribution in [2.45, 2.75) is 57.3 Å². The summed E-state index contributed by atoms with van der Waals surface area (Å²) in [6, 6.07) is 18.3. The molecule has 3 aromatic rings. The van der Waals surface area contributed by atoms with Crippen LogP contribution in [0.15, 0.2) is 59.8 Å². The topological polar surface area (TPSA) is 80.1 Å². The predicted octanol–water partition coefficient (Wildman–Crippen LogP) is 4.71. The highest BCUT2D eigenvalue weighted by Crippen LogP contribution is 2.29. The van der Waals surface area contributed by atoms with Gasteiger partial charge in [-0.2, -0.15) is 0 Å². The Labute approximate surface area is 205 Å². The summed E-state index contributed by atoms with van der Waals surface area (Å²) >= 11 is 1.50. The third kappa shape index (κ3) is 5.01. The number of carbonyl (C=O) groups excluding carboxylic acids is 2. The zero-order chi connectivity index (χ0) is 24.5. The van der Waals surface area contributed by atoms with Crippen molar-refractivity contribution in [3.8, 4) is 11.4 Å². The number of hydrogen-bond donors (Lipinski definition) is 1. The zero-order valence-corrected chi connectivity index (χ0v) is 21.1. The van der Waals surface area contributed by atoms with Gasteiger partial charge in [-0.3, -0.25) is 14.3 Å². The van der Waals surface area contributed by atoms with Crippen molar-refractivity contribution < 1.29 is 9.59 Å². The van der Waals surface area contributed by atoms with Gasteiger partial charge in [0.1, 0.15) is 5.54 Å². The number of nitrogens with zero attached hydrogens (tertiary/aromatic N) is 4. The van der Waals surface area contributed by atoms with E-state index in [1.165, 1.54) is 22.2 Å². The molecule has 2 heterocycles. The van der Waals surface area contributed by atoms with Gasteiger partial charge in [0.25, 0.3) is 5.91 Å². The number of imide groups is 1. The quantitative estimate of drug-likeness (QED) is 0.394. The van der Waals surface area contributed by atoms with E-state index < -0.39 is 5.54 Å². The highest BCUT2D eigenvalue weighted by atomic mass is 32.2. The molecule has 3 amide bonds. The standard InChI is InChI=1S/C26H31N5O2S/c1-25(2,3)20-13-11-19(12-14-20)21-28-29-24(31(21)17-18-9-7-6-8-10-18)34-16-15-30-22(32)26(4,5)27-23(30)33/h6-14H,15-17H2,1-5H3,(H,27,33). The molecule has 4 rings (SSSR count). The summed E-state index contributed by atoms with van der Waals surface area (Å²) in [4.78, 5) is 25.9. The smallest absolute Gasteiger partial charge is 0.324 e. The van der Waals surface area contributed by atoms with Crippen LogP contribution in [0.1, 0.15) is 45.7 Å². The first-order valence-corrected chi connectivity index (χ1v) is 12.4. The Hall–Kier alpha value is -3.13. The van der Waals surface area contributed by atoms with Gasteiger partial charge in [0.05, 0.1) is 6.54 Å². The van der Waals surface area contributed by atoms with E-state index in [1.807, 2.05) is 18.2 Å². The number of amides is 3. The molecule has 1 aliphatic rings. The number of carbonyl (C=O) groups is 2. The van der Waals surface area contributed by atoms with Gasteiger partial charge in [0.2, 0.25) is 0 Å². The Morgan fingerprint density at radius 2 is 1.65 bits per heavy atom. The van der Waals surface area contributed by atoms with Crippen molar-refractivity contribution in [3.05, 3.63) is 65.7 Å². The Kier molecular flexibility index (Phi) is 6.53. The molecule has 8 heteroatoms. The van der Waals surface area contributed by atoms with Gasteiger partial charge >= 0.3 is 6.03 Å². The largest absolute Gasteiger partial charge is 0.325 e. The van der Waals surface area contributed by atoms with Gasteiger partial charge in [0, 0.05) is 17.9 Å². The van der Waals surface area contributed by atoms with Crippen LogP contribution in [0, 0.1) is 0 Å². The average Bonchev–Trinajstić information content (AvgIpc) is 3.26. The number of nitrogens with one attached hydrogen (secondary N) is 1. The van der Waals surface area contributed by atoms with Crippen molar-refractivity contribution in [1.29, 1.82) is 0 Å². The molecule has 0 aliphatic carbocycles. The van der Waals surface area contributed by atoms with Gasteiger partial charge in [-0.25, -0.2) is 4.79 Å². The SMILES string of the molecule is CC1(C)NC(=O)N(CCSc2nnc(-c3ccc(C(C)(C)C)cc3)n2Cc2ccccc2)C1=O. The lowest BCUT2D eigenvalue weighted by molar-refractivity contribution is -0.130. The van der Waals surface area contributed by atoms with E-state index in [0.717, 1.165) is 22.1 Å². The van der Waals surface area contributed by atoms with Crippen LogP contribution in [0.25, 0.3) is 11.4 Å². The van der Waals surface area contributed by atoms with E-state index in [-0.39, 0.29) is 17.4 Å². The fraction of sp³-hybridized carbons (Fsp3) is 0.385. The number of rotatable bonds is 7. The molecule has 1 N–H and O–H groups in total. The normalized spacial score (nSPS) is 15.6. The Balaban J connectivity index is 1.57. The molecule has 0 atom stereocenters. The van der Waals surface area contributed by atoms with Crippen molar-refractivity contribution in [3.63, 3.8) is 0 Å². The van der Waals surface area contributed by atoms with Gasteiger partial charge in [0.15, 0.2) is 11.0 Å². The Bertz CT molecular complexity index is 1180. The minimum absolute atomic E-state index is 0.0745. The van der Waals surface area contributed by atoms with Crippen molar-refractivity contribution >= 4 is 23.7 Å². The van der Waals surface area contributed by atoms with Crippen LogP contribution in [0.2, 0.25) is 0 Å². The third-order valence-corrected chi connectivity index (χ3v) is 6.85. The fourth-order valence-electron chi connectivity index (χ4n) is 3.89. The van der Waals surface area contributed by atoms with E-state index in [9.17, 15) is 9.59 Å². The molecule has 0 unspecified atom stereocenters. The highest BCUT2D eigenvalue weighted by Gasteiger charge is 2.43. The van der Waals surface area contributed by atoms with Gasteiger partial charge in [-0.1, -0.05) is 87.1 Å².